The molecule has 1 saturated heterocycles. The fraction of sp³-hybridized carbons (Fsp3) is 0.643. The van der Waals surface area contributed by atoms with Crippen LogP contribution in [0.25, 0.3) is 0 Å². The first-order valence-corrected chi connectivity index (χ1v) is 7.44. The lowest BCUT2D eigenvalue weighted by atomic mass is 9.90. The van der Waals surface area contributed by atoms with Crippen molar-refractivity contribution in [3.05, 3.63) is 21.4 Å². The topological polar surface area (TPSA) is 46.3 Å². The second kappa shape index (κ2) is 5.41. The fourth-order valence-corrected chi connectivity index (χ4v) is 3.67. The van der Waals surface area contributed by atoms with Gasteiger partial charge >= 0.3 is 0 Å². The largest absolute Gasteiger partial charge is 0.333 e. The summed E-state index contributed by atoms with van der Waals surface area (Å²) in [5.41, 5.74) is 7.05. The minimum Gasteiger partial charge on any atom is -0.333 e. The Labute approximate surface area is 113 Å². The molecule has 1 aromatic heterocycles. The van der Waals surface area contributed by atoms with Crippen LogP contribution in [0.1, 0.15) is 39.9 Å². The van der Waals surface area contributed by atoms with Gasteiger partial charge in [-0.15, -0.1) is 11.3 Å². The van der Waals surface area contributed by atoms with Gasteiger partial charge in [0.2, 0.25) is 0 Å². The van der Waals surface area contributed by atoms with E-state index < -0.39 is 0 Å². The van der Waals surface area contributed by atoms with Gasteiger partial charge in [-0.1, -0.05) is 6.92 Å². The summed E-state index contributed by atoms with van der Waals surface area (Å²) in [7, 11) is 0. The molecule has 2 unspecified atom stereocenters. The second-order valence-electron chi connectivity index (χ2n) is 5.27. The molecule has 2 N–H and O–H groups in total. The molecule has 2 rings (SSSR count). The lowest BCUT2D eigenvalue weighted by molar-refractivity contribution is 0.0537. The van der Waals surface area contributed by atoms with E-state index in [0.717, 1.165) is 17.8 Å². The number of rotatable bonds is 2. The molecule has 0 spiro atoms. The van der Waals surface area contributed by atoms with Gasteiger partial charge in [-0.05, 0) is 44.2 Å². The summed E-state index contributed by atoms with van der Waals surface area (Å²) >= 11 is 1.60. The monoisotopic (exact) mass is 266 g/mol. The van der Waals surface area contributed by atoms with Crippen molar-refractivity contribution < 1.29 is 4.79 Å². The van der Waals surface area contributed by atoms with Crippen molar-refractivity contribution in [2.45, 2.75) is 39.7 Å². The molecule has 0 radical (unpaired) electrons. The van der Waals surface area contributed by atoms with Crippen LogP contribution < -0.4 is 5.73 Å². The van der Waals surface area contributed by atoms with E-state index in [2.05, 4.69) is 20.8 Å². The van der Waals surface area contributed by atoms with Crippen LogP contribution in [0.15, 0.2) is 6.07 Å². The number of nitrogens with zero attached hydrogens (tertiary/aromatic N) is 1. The average molecular weight is 266 g/mol. The van der Waals surface area contributed by atoms with Gasteiger partial charge in [0.05, 0.1) is 4.88 Å². The molecule has 1 fully saturated rings. The number of hydrogen-bond donors (Lipinski definition) is 1. The number of amides is 1. The van der Waals surface area contributed by atoms with Crippen molar-refractivity contribution in [3.63, 3.8) is 0 Å². The van der Waals surface area contributed by atoms with Crippen molar-refractivity contribution in [1.82, 2.24) is 4.90 Å². The van der Waals surface area contributed by atoms with Crippen LogP contribution in [0.2, 0.25) is 0 Å². The Morgan fingerprint density at radius 2 is 2.28 bits per heavy atom. The number of carbonyl (C=O) groups excluding carboxylic acids is 1. The molecule has 1 aromatic rings. The van der Waals surface area contributed by atoms with Crippen LogP contribution in [0.3, 0.4) is 0 Å². The quantitative estimate of drug-likeness (QED) is 0.894. The first kappa shape index (κ1) is 13.6. The zero-order chi connectivity index (χ0) is 13.3. The lowest BCUT2D eigenvalue weighted by Crippen LogP contribution is -2.51. The molecule has 4 heteroatoms. The smallest absolute Gasteiger partial charge is 0.264 e. The number of nitrogens with two attached hydrogens (primary N) is 1. The summed E-state index contributed by atoms with van der Waals surface area (Å²) in [6.07, 6.45) is 2.26. The van der Waals surface area contributed by atoms with E-state index in [0.29, 0.717) is 12.5 Å². The van der Waals surface area contributed by atoms with Crippen LogP contribution in [0.5, 0.6) is 0 Å². The van der Waals surface area contributed by atoms with Crippen LogP contribution in [-0.2, 0) is 0 Å². The molecular weight excluding hydrogens is 244 g/mol. The van der Waals surface area contributed by atoms with Crippen molar-refractivity contribution in [3.8, 4) is 0 Å². The number of likely N-dealkylation sites (tertiary alicyclic amines) is 1. The molecule has 2 atom stereocenters. The molecule has 0 bridgehead atoms. The number of thiophene rings is 1. The van der Waals surface area contributed by atoms with Crippen molar-refractivity contribution in [2.24, 2.45) is 11.7 Å². The molecule has 0 saturated carbocycles. The third-order valence-electron chi connectivity index (χ3n) is 3.99. The van der Waals surface area contributed by atoms with Crippen LogP contribution in [0, 0.1) is 19.8 Å². The molecule has 2 heterocycles. The van der Waals surface area contributed by atoms with Gasteiger partial charge in [-0.2, -0.15) is 0 Å². The van der Waals surface area contributed by atoms with E-state index in [1.54, 1.807) is 11.3 Å². The highest BCUT2D eigenvalue weighted by molar-refractivity contribution is 7.14. The van der Waals surface area contributed by atoms with Gasteiger partial charge in [0.25, 0.3) is 5.91 Å². The summed E-state index contributed by atoms with van der Waals surface area (Å²) in [4.78, 5) is 16.6. The Morgan fingerprint density at radius 1 is 1.56 bits per heavy atom. The highest BCUT2D eigenvalue weighted by atomic mass is 32.1. The second-order valence-corrected chi connectivity index (χ2v) is 6.53. The third kappa shape index (κ3) is 2.45. The Hall–Kier alpha value is -0.870. The summed E-state index contributed by atoms with van der Waals surface area (Å²) in [6.45, 7) is 7.73. The third-order valence-corrected chi connectivity index (χ3v) is 5.14. The SMILES string of the molecule is Cc1cc(C(=O)N2CCCC(C)C2CN)sc1C. The van der Waals surface area contributed by atoms with E-state index in [9.17, 15) is 4.79 Å². The van der Waals surface area contributed by atoms with Crippen molar-refractivity contribution in [1.29, 1.82) is 0 Å². The molecular formula is C14H22N2OS. The minimum absolute atomic E-state index is 0.165. The Kier molecular flexibility index (Phi) is 4.07. The summed E-state index contributed by atoms with van der Waals surface area (Å²) in [5.74, 6) is 0.674. The van der Waals surface area contributed by atoms with Gasteiger partial charge in [-0.25, -0.2) is 0 Å². The normalized spacial score (nSPS) is 24.3. The Balaban J connectivity index is 2.21. The Morgan fingerprint density at radius 3 is 2.83 bits per heavy atom. The predicted molar refractivity (Wildman–Crippen MR) is 76.1 cm³/mol. The van der Waals surface area contributed by atoms with Crippen molar-refractivity contribution in [2.75, 3.05) is 13.1 Å². The van der Waals surface area contributed by atoms with Gasteiger partial charge in [0.15, 0.2) is 0 Å². The number of aryl methyl sites for hydroxylation is 2. The van der Waals surface area contributed by atoms with E-state index in [1.165, 1.54) is 16.9 Å². The fourth-order valence-electron chi connectivity index (χ4n) is 2.68. The highest BCUT2D eigenvalue weighted by Gasteiger charge is 2.31. The van der Waals surface area contributed by atoms with E-state index >= 15 is 0 Å². The molecule has 3 nitrogen and oxygen atoms in total. The average Bonchev–Trinajstić information content (AvgIpc) is 2.68. The Bertz CT molecular complexity index is 422. The van der Waals surface area contributed by atoms with Crippen molar-refractivity contribution >= 4 is 17.2 Å². The van der Waals surface area contributed by atoms with E-state index in [4.69, 9.17) is 5.73 Å². The molecule has 0 aliphatic carbocycles. The minimum atomic E-state index is 0.165. The van der Waals surface area contributed by atoms with Crippen LogP contribution in [0.4, 0.5) is 0 Å². The number of piperidine rings is 1. The molecule has 1 aliphatic rings. The summed E-state index contributed by atoms with van der Waals surface area (Å²) < 4.78 is 0. The molecule has 1 aliphatic heterocycles. The van der Waals surface area contributed by atoms with Gasteiger partial charge in [0.1, 0.15) is 0 Å². The zero-order valence-electron chi connectivity index (χ0n) is 11.4. The zero-order valence-corrected chi connectivity index (χ0v) is 12.2. The number of carbonyl (C=O) groups is 1. The highest BCUT2D eigenvalue weighted by Crippen LogP contribution is 2.27. The van der Waals surface area contributed by atoms with Crippen LogP contribution >= 0.6 is 11.3 Å². The van der Waals surface area contributed by atoms with E-state index in [1.807, 2.05) is 11.0 Å². The summed E-state index contributed by atoms with van der Waals surface area (Å²) in [6, 6.07) is 2.21. The maximum absolute atomic E-state index is 12.6. The van der Waals surface area contributed by atoms with Gasteiger partial charge in [-0.3, -0.25) is 4.79 Å². The lowest BCUT2D eigenvalue weighted by Gasteiger charge is -2.39. The standard InChI is InChI=1S/C14H22N2OS/c1-9-5-4-6-16(12(9)8-15)14(17)13-7-10(2)11(3)18-13/h7,9,12H,4-6,8,15H2,1-3H3. The predicted octanol–water partition coefficient (Wildman–Crippen LogP) is 2.56. The molecule has 1 amide bonds. The molecule has 18 heavy (non-hydrogen) atoms. The van der Waals surface area contributed by atoms with Gasteiger partial charge < -0.3 is 10.6 Å². The first-order valence-electron chi connectivity index (χ1n) is 6.62. The maximum Gasteiger partial charge on any atom is 0.264 e. The molecule has 100 valence electrons. The van der Waals surface area contributed by atoms with Crippen LogP contribution in [-0.4, -0.2) is 29.9 Å². The maximum atomic E-state index is 12.6. The number of hydrogen-bond acceptors (Lipinski definition) is 3. The van der Waals surface area contributed by atoms with E-state index in [-0.39, 0.29) is 11.9 Å². The van der Waals surface area contributed by atoms with Gasteiger partial charge in [0, 0.05) is 24.0 Å². The molecule has 0 aromatic carbocycles. The first-order chi connectivity index (χ1) is 8.54. The summed E-state index contributed by atoms with van der Waals surface area (Å²) in [5, 5.41) is 0.